The summed E-state index contributed by atoms with van der Waals surface area (Å²) in [7, 11) is 0. The van der Waals surface area contributed by atoms with Crippen LogP contribution in [-0.2, 0) is 14.2 Å². The van der Waals surface area contributed by atoms with Crippen molar-refractivity contribution in [3.63, 3.8) is 0 Å². The molecule has 0 bridgehead atoms. The van der Waals surface area contributed by atoms with E-state index in [1.807, 2.05) is 0 Å². The number of rotatable bonds is 6. The van der Waals surface area contributed by atoms with Gasteiger partial charge in [0, 0.05) is 12.1 Å². The Labute approximate surface area is 176 Å². The molecule has 0 aromatic heterocycles. The van der Waals surface area contributed by atoms with Gasteiger partial charge in [-0.3, -0.25) is 10.1 Å². The van der Waals surface area contributed by atoms with Crippen molar-refractivity contribution in [1.29, 1.82) is 0 Å². The standard InChI is InChI=1S/C18H25NO12/c1-7-11(20)13(22)15(24)17(29-7)28-6-10-12(21)14(23)16(25)18(31-10)30-9-4-2-8(3-5-9)19(26)27/h2-5,7,10-18,20-25H,6H2,1H3/t7-,10+,11-,12+,13+,14-,15+,16+,17+,18+/m0/s1. The highest BCUT2D eigenvalue weighted by molar-refractivity contribution is 5.36. The van der Waals surface area contributed by atoms with Crippen molar-refractivity contribution in [2.24, 2.45) is 0 Å². The van der Waals surface area contributed by atoms with Crippen LogP contribution in [0.4, 0.5) is 5.69 Å². The van der Waals surface area contributed by atoms with Gasteiger partial charge in [-0.2, -0.15) is 0 Å². The zero-order valence-corrected chi connectivity index (χ0v) is 16.4. The fourth-order valence-electron chi connectivity index (χ4n) is 3.27. The number of hydrogen-bond donors (Lipinski definition) is 6. The summed E-state index contributed by atoms with van der Waals surface area (Å²) in [4.78, 5) is 10.1. The van der Waals surface area contributed by atoms with Crippen LogP contribution in [0.25, 0.3) is 0 Å². The van der Waals surface area contributed by atoms with Gasteiger partial charge in [0.15, 0.2) is 6.29 Å². The van der Waals surface area contributed by atoms with E-state index in [1.54, 1.807) is 0 Å². The molecule has 3 rings (SSSR count). The molecule has 2 fully saturated rings. The van der Waals surface area contributed by atoms with E-state index < -0.39 is 72.9 Å². The molecule has 13 nitrogen and oxygen atoms in total. The Morgan fingerprint density at radius 1 is 0.871 bits per heavy atom. The molecular formula is C18H25NO12. The molecule has 174 valence electrons. The van der Waals surface area contributed by atoms with E-state index in [4.69, 9.17) is 18.9 Å². The first-order chi connectivity index (χ1) is 14.6. The van der Waals surface area contributed by atoms with Crippen molar-refractivity contribution < 1.29 is 54.5 Å². The van der Waals surface area contributed by atoms with Gasteiger partial charge in [-0.25, -0.2) is 0 Å². The van der Waals surface area contributed by atoms with Gasteiger partial charge in [0.25, 0.3) is 5.69 Å². The fourth-order valence-corrected chi connectivity index (χ4v) is 3.27. The first-order valence-electron chi connectivity index (χ1n) is 9.52. The van der Waals surface area contributed by atoms with Crippen molar-refractivity contribution in [3.05, 3.63) is 34.4 Å². The first kappa shape index (κ1) is 23.7. The molecule has 1 aromatic rings. The van der Waals surface area contributed by atoms with Gasteiger partial charge in [-0.1, -0.05) is 0 Å². The number of nitro groups is 1. The smallest absolute Gasteiger partial charge is 0.269 e. The average molecular weight is 447 g/mol. The van der Waals surface area contributed by atoms with Crippen LogP contribution in [0.1, 0.15) is 6.92 Å². The predicted octanol–water partition coefficient (Wildman–Crippen LogP) is -2.37. The average Bonchev–Trinajstić information content (AvgIpc) is 2.75. The van der Waals surface area contributed by atoms with Gasteiger partial charge >= 0.3 is 0 Å². The Bertz CT molecular complexity index is 748. The van der Waals surface area contributed by atoms with Crippen LogP contribution in [0.2, 0.25) is 0 Å². The maximum Gasteiger partial charge on any atom is 0.269 e. The van der Waals surface area contributed by atoms with Gasteiger partial charge in [-0.05, 0) is 19.1 Å². The molecule has 0 amide bonds. The minimum Gasteiger partial charge on any atom is -0.462 e. The minimum atomic E-state index is -1.67. The molecule has 0 radical (unpaired) electrons. The molecule has 2 heterocycles. The number of benzene rings is 1. The third-order valence-corrected chi connectivity index (χ3v) is 5.20. The lowest BCUT2D eigenvalue weighted by atomic mass is 9.98. The summed E-state index contributed by atoms with van der Waals surface area (Å²) in [6.07, 6.45) is -14.2. The molecule has 0 aliphatic carbocycles. The summed E-state index contributed by atoms with van der Waals surface area (Å²) < 4.78 is 21.6. The van der Waals surface area contributed by atoms with Crippen molar-refractivity contribution in [1.82, 2.24) is 0 Å². The SMILES string of the molecule is C[C@@H]1O[C@@H](OC[C@H]2O[C@@H](Oc3ccc([N+](=O)[O-])cc3)[C@H](O)[C@@H](O)[C@@H]2O)[C@H](O)[C@H](O)[C@H]1O. The normalized spacial score (nSPS) is 41.0. The molecule has 2 aliphatic heterocycles. The largest absolute Gasteiger partial charge is 0.462 e. The summed E-state index contributed by atoms with van der Waals surface area (Å²) in [6.45, 7) is 1.04. The van der Waals surface area contributed by atoms with Crippen LogP contribution < -0.4 is 4.74 Å². The molecule has 31 heavy (non-hydrogen) atoms. The first-order valence-corrected chi connectivity index (χ1v) is 9.52. The number of aliphatic hydroxyl groups is 6. The topological polar surface area (TPSA) is 201 Å². The molecule has 0 unspecified atom stereocenters. The van der Waals surface area contributed by atoms with E-state index in [0.717, 1.165) is 0 Å². The zero-order valence-electron chi connectivity index (χ0n) is 16.4. The lowest BCUT2D eigenvalue weighted by Crippen LogP contribution is -2.61. The van der Waals surface area contributed by atoms with Crippen LogP contribution in [0.3, 0.4) is 0 Å². The van der Waals surface area contributed by atoms with E-state index >= 15 is 0 Å². The van der Waals surface area contributed by atoms with Gasteiger partial charge in [0.2, 0.25) is 6.29 Å². The van der Waals surface area contributed by atoms with Gasteiger partial charge < -0.3 is 49.6 Å². The minimum absolute atomic E-state index is 0.106. The van der Waals surface area contributed by atoms with Gasteiger partial charge in [0.1, 0.15) is 48.5 Å². The lowest BCUT2D eigenvalue weighted by Gasteiger charge is -2.42. The summed E-state index contributed by atoms with van der Waals surface area (Å²) >= 11 is 0. The van der Waals surface area contributed by atoms with Crippen molar-refractivity contribution in [2.45, 2.75) is 68.3 Å². The molecule has 10 atom stereocenters. The van der Waals surface area contributed by atoms with Gasteiger partial charge in [-0.15, -0.1) is 0 Å². The van der Waals surface area contributed by atoms with Crippen molar-refractivity contribution in [3.8, 4) is 5.75 Å². The van der Waals surface area contributed by atoms with Crippen LogP contribution in [0.5, 0.6) is 5.75 Å². The Hall–Kier alpha value is -1.94. The maximum absolute atomic E-state index is 10.7. The van der Waals surface area contributed by atoms with Crippen LogP contribution in [0, 0.1) is 10.1 Å². The van der Waals surface area contributed by atoms with E-state index in [1.165, 1.54) is 31.2 Å². The molecule has 2 aliphatic rings. The lowest BCUT2D eigenvalue weighted by molar-refractivity contribution is -0.384. The van der Waals surface area contributed by atoms with E-state index in [2.05, 4.69) is 0 Å². The van der Waals surface area contributed by atoms with E-state index in [-0.39, 0.29) is 11.4 Å². The highest BCUT2D eigenvalue weighted by atomic mass is 16.7. The monoisotopic (exact) mass is 447 g/mol. The quantitative estimate of drug-likeness (QED) is 0.200. The number of nitro benzene ring substituents is 1. The third-order valence-electron chi connectivity index (χ3n) is 5.20. The summed E-state index contributed by atoms with van der Waals surface area (Å²) in [5.41, 5.74) is -0.174. The number of hydrogen-bond acceptors (Lipinski definition) is 12. The summed E-state index contributed by atoms with van der Waals surface area (Å²) in [6, 6.07) is 4.91. The van der Waals surface area contributed by atoms with Crippen molar-refractivity contribution in [2.75, 3.05) is 6.61 Å². The zero-order chi connectivity index (χ0) is 22.9. The Balaban J connectivity index is 1.63. The number of ether oxygens (including phenoxy) is 4. The van der Waals surface area contributed by atoms with Gasteiger partial charge in [0.05, 0.1) is 17.6 Å². The third kappa shape index (κ3) is 5.11. The predicted molar refractivity (Wildman–Crippen MR) is 98.7 cm³/mol. The Morgan fingerprint density at radius 2 is 1.45 bits per heavy atom. The number of aliphatic hydroxyl groups excluding tert-OH is 6. The van der Waals surface area contributed by atoms with E-state index in [0.29, 0.717) is 0 Å². The maximum atomic E-state index is 10.7. The van der Waals surface area contributed by atoms with E-state index in [9.17, 15) is 40.8 Å². The molecule has 0 spiro atoms. The molecule has 13 heteroatoms. The summed E-state index contributed by atoms with van der Waals surface area (Å²) in [5, 5.41) is 70.7. The Kier molecular flexibility index (Phi) is 7.41. The van der Waals surface area contributed by atoms with Crippen LogP contribution in [0.15, 0.2) is 24.3 Å². The molecule has 6 N–H and O–H groups in total. The molecule has 2 saturated heterocycles. The van der Waals surface area contributed by atoms with Crippen molar-refractivity contribution >= 4 is 5.69 Å². The second-order valence-electron chi connectivity index (χ2n) is 7.40. The number of non-ortho nitro benzene ring substituents is 1. The van der Waals surface area contributed by atoms with Crippen LogP contribution >= 0.6 is 0 Å². The second-order valence-corrected chi connectivity index (χ2v) is 7.40. The highest BCUT2D eigenvalue weighted by Gasteiger charge is 2.47. The highest BCUT2D eigenvalue weighted by Crippen LogP contribution is 2.27. The molecular weight excluding hydrogens is 422 g/mol. The fraction of sp³-hybridized carbons (Fsp3) is 0.667. The molecule has 0 saturated carbocycles. The second kappa shape index (κ2) is 9.68. The Morgan fingerprint density at radius 3 is 2.06 bits per heavy atom. The molecule has 1 aromatic carbocycles. The van der Waals surface area contributed by atoms with Crippen LogP contribution in [-0.4, -0.2) is 104 Å². The number of nitrogens with zero attached hydrogens (tertiary/aromatic N) is 1. The summed E-state index contributed by atoms with van der Waals surface area (Å²) in [5.74, 6) is 0.106.